The average molecular weight is 261 g/mol. The number of benzene rings is 1. The molecule has 7 heteroatoms. The summed E-state index contributed by atoms with van der Waals surface area (Å²) in [6.07, 6.45) is 0.733. The molecule has 0 atom stereocenters. The molecule has 0 N–H and O–H groups in total. The van der Waals surface area contributed by atoms with Gasteiger partial charge in [-0.1, -0.05) is 19.1 Å². The van der Waals surface area contributed by atoms with E-state index in [2.05, 4.69) is 4.99 Å². The SMILES string of the molecule is CCS(=O)(=O)c1ccccc1C(F)(F)N=C=O. The van der Waals surface area contributed by atoms with Crippen molar-refractivity contribution in [2.75, 3.05) is 5.75 Å². The van der Waals surface area contributed by atoms with Crippen LogP contribution in [-0.2, 0) is 20.7 Å². The van der Waals surface area contributed by atoms with Crippen LogP contribution in [0.4, 0.5) is 8.78 Å². The van der Waals surface area contributed by atoms with E-state index in [1.807, 2.05) is 0 Å². The van der Waals surface area contributed by atoms with Crippen LogP contribution >= 0.6 is 0 Å². The zero-order chi connectivity index (χ0) is 13.1. The fourth-order valence-corrected chi connectivity index (χ4v) is 2.38. The molecule has 17 heavy (non-hydrogen) atoms. The Balaban J connectivity index is 3.52. The Morgan fingerprint density at radius 1 is 1.35 bits per heavy atom. The molecule has 0 bridgehead atoms. The molecule has 0 aliphatic heterocycles. The van der Waals surface area contributed by atoms with Gasteiger partial charge in [0.25, 0.3) is 0 Å². The first kappa shape index (κ1) is 13.5. The van der Waals surface area contributed by atoms with Crippen LogP contribution in [0.5, 0.6) is 0 Å². The van der Waals surface area contributed by atoms with Gasteiger partial charge in [0.05, 0.1) is 16.2 Å². The summed E-state index contributed by atoms with van der Waals surface area (Å²) in [5.74, 6) is -0.315. The molecule has 0 spiro atoms. The highest BCUT2D eigenvalue weighted by molar-refractivity contribution is 7.91. The Hall–Kier alpha value is -1.59. The van der Waals surface area contributed by atoms with Crippen molar-refractivity contribution in [1.29, 1.82) is 0 Å². The monoisotopic (exact) mass is 261 g/mol. The van der Waals surface area contributed by atoms with Crippen LogP contribution in [0.15, 0.2) is 34.2 Å². The van der Waals surface area contributed by atoms with Gasteiger partial charge in [-0.2, -0.15) is 8.78 Å². The van der Waals surface area contributed by atoms with E-state index in [-0.39, 0.29) is 5.75 Å². The van der Waals surface area contributed by atoms with E-state index < -0.39 is 26.3 Å². The molecule has 0 fully saturated rings. The maximum atomic E-state index is 13.4. The minimum absolute atomic E-state index is 0.315. The van der Waals surface area contributed by atoms with Crippen molar-refractivity contribution in [2.45, 2.75) is 17.9 Å². The molecule has 0 radical (unpaired) electrons. The first-order valence-corrected chi connectivity index (χ1v) is 6.29. The molecule has 1 rings (SSSR count). The summed E-state index contributed by atoms with van der Waals surface area (Å²) in [6, 6.07) is 0.664. The number of carbonyl (C=O) groups excluding carboxylic acids is 1. The van der Waals surface area contributed by atoms with E-state index in [4.69, 9.17) is 0 Å². The molecule has 1 aromatic carbocycles. The second-order valence-electron chi connectivity index (χ2n) is 3.14. The number of hydrogen-bond donors (Lipinski definition) is 0. The first-order valence-electron chi connectivity index (χ1n) is 4.64. The summed E-state index contributed by atoms with van der Waals surface area (Å²) in [7, 11) is -3.80. The smallest absolute Gasteiger partial charge is 0.224 e. The highest BCUT2D eigenvalue weighted by atomic mass is 32.2. The fourth-order valence-electron chi connectivity index (χ4n) is 1.26. The summed E-state index contributed by atoms with van der Waals surface area (Å²) >= 11 is 0. The van der Waals surface area contributed by atoms with Crippen LogP contribution in [0.1, 0.15) is 12.5 Å². The van der Waals surface area contributed by atoms with Crippen molar-refractivity contribution in [3.63, 3.8) is 0 Å². The third kappa shape index (κ3) is 2.75. The van der Waals surface area contributed by atoms with Gasteiger partial charge in [0, 0.05) is 0 Å². The Morgan fingerprint density at radius 3 is 2.47 bits per heavy atom. The number of sulfone groups is 1. The van der Waals surface area contributed by atoms with Gasteiger partial charge in [-0.25, -0.2) is 13.2 Å². The molecule has 0 amide bonds. The lowest BCUT2D eigenvalue weighted by Crippen LogP contribution is -2.16. The highest BCUT2D eigenvalue weighted by Crippen LogP contribution is 2.33. The molecular weight excluding hydrogens is 252 g/mol. The molecule has 4 nitrogen and oxygen atoms in total. The van der Waals surface area contributed by atoms with Gasteiger partial charge in [-0.05, 0) is 12.1 Å². The molecule has 0 aliphatic rings. The van der Waals surface area contributed by atoms with Gasteiger partial charge in [0.15, 0.2) is 9.84 Å². The third-order valence-electron chi connectivity index (χ3n) is 2.11. The minimum atomic E-state index is -3.89. The van der Waals surface area contributed by atoms with Crippen molar-refractivity contribution < 1.29 is 22.0 Å². The lowest BCUT2D eigenvalue weighted by molar-refractivity contribution is 0.00320. The zero-order valence-corrected chi connectivity index (χ0v) is 9.67. The predicted octanol–water partition coefficient (Wildman–Crippen LogP) is 1.87. The Kier molecular flexibility index (Phi) is 3.75. The topological polar surface area (TPSA) is 63.6 Å². The first-order chi connectivity index (χ1) is 7.85. The number of aliphatic imine (C=N–C) groups is 1. The van der Waals surface area contributed by atoms with Gasteiger partial charge in [-0.3, -0.25) is 0 Å². The van der Waals surface area contributed by atoms with Gasteiger partial charge >= 0.3 is 6.05 Å². The van der Waals surface area contributed by atoms with Crippen molar-refractivity contribution >= 4 is 15.9 Å². The predicted molar refractivity (Wildman–Crippen MR) is 56.2 cm³/mol. The summed E-state index contributed by atoms with van der Waals surface area (Å²) in [5, 5.41) is 0. The number of hydrogen-bond acceptors (Lipinski definition) is 4. The molecule has 0 unspecified atom stereocenters. The van der Waals surface area contributed by atoms with Gasteiger partial charge < -0.3 is 0 Å². The van der Waals surface area contributed by atoms with Crippen molar-refractivity contribution in [2.24, 2.45) is 4.99 Å². The molecule has 0 aliphatic carbocycles. The second-order valence-corrected chi connectivity index (χ2v) is 5.39. The van der Waals surface area contributed by atoms with Crippen LogP contribution in [-0.4, -0.2) is 20.3 Å². The van der Waals surface area contributed by atoms with E-state index in [1.165, 1.54) is 19.1 Å². The third-order valence-corrected chi connectivity index (χ3v) is 3.90. The normalized spacial score (nSPS) is 11.9. The summed E-state index contributed by atoms with van der Waals surface area (Å²) in [4.78, 5) is 11.7. The quantitative estimate of drug-likeness (QED) is 0.472. The van der Waals surface area contributed by atoms with E-state index in [9.17, 15) is 22.0 Å². The molecule has 0 saturated heterocycles. The van der Waals surface area contributed by atoms with Crippen LogP contribution in [0.25, 0.3) is 0 Å². The Labute approximate surface area is 96.9 Å². The Morgan fingerprint density at radius 2 is 1.94 bits per heavy atom. The van der Waals surface area contributed by atoms with E-state index in [1.54, 1.807) is 0 Å². The molecular formula is C10H9F2NO3S. The van der Waals surface area contributed by atoms with Gasteiger partial charge in [0.2, 0.25) is 6.08 Å². The number of halogens is 2. The highest BCUT2D eigenvalue weighted by Gasteiger charge is 2.36. The molecule has 92 valence electrons. The van der Waals surface area contributed by atoms with E-state index in [0.29, 0.717) is 0 Å². The lowest BCUT2D eigenvalue weighted by atomic mass is 10.2. The van der Waals surface area contributed by atoms with Crippen LogP contribution < -0.4 is 0 Å². The lowest BCUT2D eigenvalue weighted by Gasteiger charge is -2.13. The largest absolute Gasteiger partial charge is 0.380 e. The van der Waals surface area contributed by atoms with Gasteiger partial charge in [-0.15, -0.1) is 4.99 Å². The number of isocyanates is 1. The van der Waals surface area contributed by atoms with Crippen LogP contribution in [0.2, 0.25) is 0 Å². The standard InChI is InChI=1S/C10H9F2NO3S/c1-2-17(15,16)9-6-4-3-5-8(9)10(11,12)13-7-14/h3-6H,2H2,1H3. The molecule has 0 aromatic heterocycles. The minimum Gasteiger partial charge on any atom is -0.224 e. The summed E-state index contributed by atoms with van der Waals surface area (Å²) < 4.78 is 50.0. The summed E-state index contributed by atoms with van der Waals surface area (Å²) in [5.41, 5.74) is -0.815. The molecule has 1 aromatic rings. The van der Waals surface area contributed by atoms with Gasteiger partial charge in [0.1, 0.15) is 0 Å². The van der Waals surface area contributed by atoms with Crippen molar-refractivity contribution in [3.8, 4) is 0 Å². The van der Waals surface area contributed by atoms with Crippen molar-refractivity contribution in [1.82, 2.24) is 0 Å². The van der Waals surface area contributed by atoms with E-state index >= 15 is 0 Å². The van der Waals surface area contributed by atoms with Crippen LogP contribution in [0, 0.1) is 0 Å². The number of alkyl halides is 2. The van der Waals surface area contributed by atoms with Crippen LogP contribution in [0.3, 0.4) is 0 Å². The second kappa shape index (κ2) is 4.73. The zero-order valence-electron chi connectivity index (χ0n) is 8.85. The fraction of sp³-hybridized carbons (Fsp3) is 0.300. The van der Waals surface area contributed by atoms with Crippen molar-refractivity contribution in [3.05, 3.63) is 29.8 Å². The Bertz CT molecular complexity index is 563. The molecule has 0 heterocycles. The maximum Gasteiger partial charge on any atom is 0.380 e. The maximum absolute atomic E-state index is 13.4. The molecule has 0 saturated carbocycles. The number of nitrogens with zero attached hydrogens (tertiary/aromatic N) is 1. The average Bonchev–Trinajstić information content (AvgIpc) is 2.29. The van der Waals surface area contributed by atoms with E-state index in [0.717, 1.165) is 18.2 Å². The number of rotatable bonds is 4. The summed E-state index contributed by atoms with van der Waals surface area (Å²) in [6.45, 7) is 1.34.